The number of amides is 1. The predicted octanol–water partition coefficient (Wildman–Crippen LogP) is 1.33. The number of nitrogens with zero attached hydrogens (tertiary/aromatic N) is 2. The van der Waals surface area contributed by atoms with Crippen LogP contribution >= 0.6 is 0 Å². The Hall–Kier alpha value is -1.88. The van der Waals surface area contributed by atoms with Gasteiger partial charge in [-0.15, -0.1) is 0 Å². The zero-order valence-electron chi connectivity index (χ0n) is 10.7. The Kier molecular flexibility index (Phi) is 3.21. The third-order valence-electron chi connectivity index (χ3n) is 3.81. The van der Waals surface area contributed by atoms with Crippen molar-refractivity contribution in [1.82, 2.24) is 14.9 Å². The van der Waals surface area contributed by atoms with Crippen LogP contribution in [0.4, 0.5) is 0 Å². The Morgan fingerprint density at radius 3 is 3.05 bits per heavy atom. The topological polar surface area (TPSA) is 72.4 Å². The third kappa shape index (κ3) is 2.33. The van der Waals surface area contributed by atoms with E-state index in [1.165, 1.54) is 0 Å². The van der Waals surface area contributed by atoms with Crippen molar-refractivity contribution >= 4 is 11.4 Å². The number of hydrogen-bond donors (Lipinski definition) is 2. The number of carbonyl (C=O) groups is 1. The number of pyridine rings is 1. The van der Waals surface area contributed by atoms with E-state index >= 15 is 0 Å². The maximum absolute atomic E-state index is 12.3. The Morgan fingerprint density at radius 1 is 1.37 bits per heavy atom. The van der Waals surface area contributed by atoms with Crippen LogP contribution in [-0.4, -0.2) is 27.6 Å². The van der Waals surface area contributed by atoms with Crippen molar-refractivity contribution in [1.29, 1.82) is 0 Å². The predicted molar refractivity (Wildman–Crippen MR) is 72.9 cm³/mol. The molecule has 1 amide bonds. The Morgan fingerprint density at radius 2 is 2.21 bits per heavy atom. The summed E-state index contributed by atoms with van der Waals surface area (Å²) in [6, 6.07) is 5.83. The first-order valence-corrected chi connectivity index (χ1v) is 6.74. The molecular weight excluding hydrogens is 240 g/mol. The molecule has 1 fully saturated rings. The Bertz CT molecular complexity index is 592. The number of nitrogens with two attached hydrogens (primary N) is 1. The summed E-state index contributed by atoms with van der Waals surface area (Å²) in [6.45, 7) is 0. The molecule has 2 heterocycles. The molecule has 1 aliphatic rings. The number of carbonyl (C=O) groups excluding carboxylic acids is 1. The number of nitrogens with one attached hydrogen (secondary N) is 1. The van der Waals surface area contributed by atoms with Crippen LogP contribution < -0.4 is 11.1 Å². The molecule has 2 unspecified atom stereocenters. The number of aromatic nitrogens is 2. The van der Waals surface area contributed by atoms with Gasteiger partial charge < -0.3 is 11.1 Å². The molecule has 0 saturated heterocycles. The second-order valence-electron chi connectivity index (χ2n) is 5.12. The molecule has 0 bridgehead atoms. The molecular formula is C14H18N4O. The highest BCUT2D eigenvalue weighted by atomic mass is 16.1. The summed E-state index contributed by atoms with van der Waals surface area (Å²) in [7, 11) is 0. The van der Waals surface area contributed by atoms with Crippen molar-refractivity contribution in [3.05, 3.63) is 36.2 Å². The molecule has 1 saturated carbocycles. The molecule has 100 valence electrons. The summed E-state index contributed by atoms with van der Waals surface area (Å²) in [4.78, 5) is 12.3. The molecule has 0 radical (unpaired) electrons. The largest absolute Gasteiger partial charge is 0.348 e. The Labute approximate surface area is 111 Å². The van der Waals surface area contributed by atoms with Gasteiger partial charge in [-0.3, -0.25) is 4.79 Å². The van der Waals surface area contributed by atoms with Crippen LogP contribution in [-0.2, 0) is 0 Å². The van der Waals surface area contributed by atoms with Crippen molar-refractivity contribution in [2.45, 2.75) is 37.8 Å². The molecule has 2 aromatic heterocycles. The molecule has 0 aromatic carbocycles. The lowest BCUT2D eigenvalue weighted by molar-refractivity contribution is 0.0923. The second kappa shape index (κ2) is 5.01. The summed E-state index contributed by atoms with van der Waals surface area (Å²) in [5.74, 6) is -0.0800. The molecule has 0 spiro atoms. The van der Waals surface area contributed by atoms with Crippen LogP contribution in [0.25, 0.3) is 5.52 Å². The van der Waals surface area contributed by atoms with Crippen LogP contribution in [0.2, 0.25) is 0 Å². The monoisotopic (exact) mass is 258 g/mol. The van der Waals surface area contributed by atoms with Crippen LogP contribution in [0.1, 0.15) is 36.0 Å². The average molecular weight is 258 g/mol. The van der Waals surface area contributed by atoms with Gasteiger partial charge in [-0.05, 0) is 25.0 Å². The first kappa shape index (κ1) is 12.2. The number of rotatable bonds is 2. The first-order chi connectivity index (χ1) is 9.25. The van der Waals surface area contributed by atoms with Gasteiger partial charge in [0.1, 0.15) is 0 Å². The lowest BCUT2D eigenvalue weighted by Crippen LogP contribution is -2.49. The lowest BCUT2D eigenvalue weighted by Gasteiger charge is -2.29. The molecule has 0 aliphatic heterocycles. The molecule has 19 heavy (non-hydrogen) atoms. The highest BCUT2D eigenvalue weighted by Crippen LogP contribution is 2.18. The van der Waals surface area contributed by atoms with Crippen molar-refractivity contribution < 1.29 is 4.79 Å². The van der Waals surface area contributed by atoms with Gasteiger partial charge in [0.15, 0.2) is 0 Å². The fourth-order valence-corrected chi connectivity index (χ4v) is 2.69. The smallest absolute Gasteiger partial charge is 0.255 e. The maximum atomic E-state index is 12.3. The highest BCUT2D eigenvalue weighted by Gasteiger charge is 2.24. The van der Waals surface area contributed by atoms with Crippen molar-refractivity contribution in [2.75, 3.05) is 0 Å². The normalized spacial score (nSPS) is 23.4. The minimum absolute atomic E-state index is 0.0690. The molecule has 3 rings (SSSR count). The van der Waals surface area contributed by atoms with Gasteiger partial charge in [0, 0.05) is 18.3 Å². The van der Waals surface area contributed by atoms with E-state index in [1.807, 2.05) is 24.4 Å². The first-order valence-electron chi connectivity index (χ1n) is 6.74. The number of fused-ring (bicyclic) bond motifs is 1. The second-order valence-corrected chi connectivity index (χ2v) is 5.12. The molecule has 2 aromatic rings. The summed E-state index contributed by atoms with van der Waals surface area (Å²) in [5.41, 5.74) is 7.49. The van der Waals surface area contributed by atoms with E-state index in [-0.39, 0.29) is 18.0 Å². The molecule has 2 atom stereocenters. The highest BCUT2D eigenvalue weighted by molar-refractivity contribution is 6.00. The SMILES string of the molecule is NC1CCCCC1NC(=O)c1cnn2ccccc12. The van der Waals surface area contributed by atoms with Crippen LogP contribution in [0, 0.1) is 0 Å². The molecule has 5 nitrogen and oxygen atoms in total. The van der Waals surface area contributed by atoms with E-state index < -0.39 is 0 Å². The quantitative estimate of drug-likeness (QED) is 0.853. The van der Waals surface area contributed by atoms with Crippen molar-refractivity contribution in [3.8, 4) is 0 Å². The molecule has 1 aliphatic carbocycles. The van der Waals surface area contributed by atoms with E-state index in [4.69, 9.17) is 5.73 Å². The van der Waals surface area contributed by atoms with Crippen LogP contribution in [0.15, 0.2) is 30.6 Å². The third-order valence-corrected chi connectivity index (χ3v) is 3.81. The van der Waals surface area contributed by atoms with E-state index in [2.05, 4.69) is 10.4 Å². The maximum Gasteiger partial charge on any atom is 0.255 e. The van der Waals surface area contributed by atoms with Gasteiger partial charge in [-0.25, -0.2) is 4.52 Å². The van der Waals surface area contributed by atoms with Gasteiger partial charge in [-0.2, -0.15) is 5.10 Å². The molecule has 3 N–H and O–H groups in total. The lowest BCUT2D eigenvalue weighted by atomic mass is 9.91. The van der Waals surface area contributed by atoms with E-state index in [9.17, 15) is 4.79 Å². The summed E-state index contributed by atoms with van der Waals surface area (Å²) >= 11 is 0. The van der Waals surface area contributed by atoms with Gasteiger partial charge in [-0.1, -0.05) is 18.9 Å². The zero-order chi connectivity index (χ0) is 13.2. The van der Waals surface area contributed by atoms with Crippen molar-refractivity contribution in [3.63, 3.8) is 0 Å². The summed E-state index contributed by atoms with van der Waals surface area (Å²) in [6.07, 6.45) is 7.68. The van der Waals surface area contributed by atoms with Crippen LogP contribution in [0.3, 0.4) is 0 Å². The Balaban J connectivity index is 1.80. The van der Waals surface area contributed by atoms with E-state index in [0.717, 1.165) is 31.2 Å². The standard InChI is InChI=1S/C14H18N4O/c15-11-5-1-2-6-12(11)17-14(19)10-9-16-18-8-4-3-7-13(10)18/h3-4,7-9,11-12H,1-2,5-6,15H2,(H,17,19). The molecule has 5 heteroatoms. The van der Waals surface area contributed by atoms with Gasteiger partial charge >= 0.3 is 0 Å². The number of hydrogen-bond acceptors (Lipinski definition) is 3. The van der Waals surface area contributed by atoms with E-state index in [0.29, 0.717) is 5.56 Å². The van der Waals surface area contributed by atoms with Crippen molar-refractivity contribution in [2.24, 2.45) is 5.73 Å². The zero-order valence-corrected chi connectivity index (χ0v) is 10.7. The minimum Gasteiger partial charge on any atom is -0.348 e. The van der Waals surface area contributed by atoms with Crippen LogP contribution in [0.5, 0.6) is 0 Å². The average Bonchev–Trinajstić information content (AvgIpc) is 2.85. The fourth-order valence-electron chi connectivity index (χ4n) is 2.69. The van der Waals surface area contributed by atoms with Gasteiger partial charge in [0.25, 0.3) is 5.91 Å². The fraction of sp³-hybridized carbons (Fsp3) is 0.429. The van der Waals surface area contributed by atoms with Gasteiger partial charge in [0.05, 0.1) is 17.3 Å². The van der Waals surface area contributed by atoms with E-state index in [1.54, 1.807) is 10.7 Å². The summed E-state index contributed by atoms with van der Waals surface area (Å²) < 4.78 is 1.70. The minimum atomic E-state index is -0.0800. The summed E-state index contributed by atoms with van der Waals surface area (Å²) in [5, 5.41) is 7.22. The van der Waals surface area contributed by atoms with Gasteiger partial charge in [0.2, 0.25) is 0 Å².